The Morgan fingerprint density at radius 2 is 1.58 bits per heavy atom. The quantitative estimate of drug-likeness (QED) is 0.457. The molecule has 0 saturated heterocycles. The van der Waals surface area contributed by atoms with E-state index >= 15 is 0 Å². The van der Waals surface area contributed by atoms with Crippen molar-refractivity contribution in [1.82, 2.24) is 5.32 Å². The number of methoxy groups -OCH3 is 2. The molecule has 0 aliphatic carbocycles. The Balaban J connectivity index is 1.68. The van der Waals surface area contributed by atoms with Crippen LogP contribution in [-0.2, 0) is 16.6 Å². The first kappa shape index (κ1) is 24.5. The lowest BCUT2D eigenvalue weighted by Gasteiger charge is -2.20. The van der Waals surface area contributed by atoms with Gasteiger partial charge in [0.25, 0.3) is 15.9 Å². The lowest BCUT2D eigenvalue weighted by Crippen LogP contribution is -2.27. The molecule has 0 atom stereocenters. The van der Waals surface area contributed by atoms with Gasteiger partial charge < -0.3 is 14.8 Å². The van der Waals surface area contributed by atoms with E-state index in [1.807, 2.05) is 12.3 Å². The summed E-state index contributed by atoms with van der Waals surface area (Å²) >= 11 is 1.54. The molecule has 9 heteroatoms. The summed E-state index contributed by atoms with van der Waals surface area (Å²) in [4.78, 5) is 13.7. The third-order valence-corrected chi connectivity index (χ3v) is 7.66. The minimum Gasteiger partial charge on any atom is -0.493 e. The fourth-order valence-electron chi connectivity index (χ4n) is 3.14. The Morgan fingerprint density at radius 1 is 0.939 bits per heavy atom. The Hall–Kier alpha value is -3.17. The van der Waals surface area contributed by atoms with Crippen molar-refractivity contribution in [1.29, 1.82) is 0 Å². The summed E-state index contributed by atoms with van der Waals surface area (Å²) in [5.74, 6) is 0.929. The van der Waals surface area contributed by atoms with Crippen molar-refractivity contribution in [3.05, 3.63) is 77.9 Å². The predicted octanol–water partition coefficient (Wildman–Crippen LogP) is 4.18. The van der Waals surface area contributed by atoms with Crippen LogP contribution >= 0.6 is 11.8 Å². The van der Waals surface area contributed by atoms with Crippen LogP contribution in [-0.4, -0.2) is 41.8 Å². The van der Waals surface area contributed by atoms with E-state index in [-0.39, 0.29) is 10.8 Å². The SMILES string of the molecule is COc1ccc(CNC(=O)c2ccc(N(C)S(=O)(=O)c3ccc(SC)cc3)cc2)cc1OC. The summed E-state index contributed by atoms with van der Waals surface area (Å²) in [7, 11) is 0.899. The number of sulfonamides is 1. The number of hydrogen-bond acceptors (Lipinski definition) is 6. The summed E-state index contributed by atoms with van der Waals surface area (Å²) in [5.41, 5.74) is 1.74. The van der Waals surface area contributed by atoms with Crippen molar-refractivity contribution in [3.8, 4) is 11.5 Å². The van der Waals surface area contributed by atoms with Gasteiger partial charge in [0.1, 0.15) is 0 Å². The summed E-state index contributed by atoms with van der Waals surface area (Å²) in [5, 5.41) is 2.85. The van der Waals surface area contributed by atoms with Crippen molar-refractivity contribution in [3.63, 3.8) is 0 Å². The molecular formula is C24H26N2O5S2. The Morgan fingerprint density at radius 3 is 2.15 bits per heavy atom. The highest BCUT2D eigenvalue weighted by atomic mass is 32.2. The van der Waals surface area contributed by atoms with Gasteiger partial charge in [-0.25, -0.2) is 8.42 Å². The number of rotatable bonds is 9. The highest BCUT2D eigenvalue weighted by molar-refractivity contribution is 7.98. The molecule has 0 unspecified atom stereocenters. The van der Waals surface area contributed by atoms with Crippen LogP contribution in [0.2, 0.25) is 0 Å². The molecule has 3 aromatic rings. The van der Waals surface area contributed by atoms with Crippen molar-refractivity contribution in [2.75, 3.05) is 31.8 Å². The third kappa shape index (κ3) is 5.61. The van der Waals surface area contributed by atoms with Crippen LogP contribution in [0.4, 0.5) is 5.69 Å². The summed E-state index contributed by atoms with van der Waals surface area (Å²) in [6.07, 6.45) is 1.93. The van der Waals surface area contributed by atoms with Gasteiger partial charge in [-0.05, 0) is 72.5 Å². The molecule has 0 radical (unpaired) electrons. The maximum absolute atomic E-state index is 12.9. The first-order chi connectivity index (χ1) is 15.8. The average Bonchev–Trinajstić information content (AvgIpc) is 2.86. The zero-order valence-corrected chi connectivity index (χ0v) is 20.5. The van der Waals surface area contributed by atoms with Gasteiger partial charge in [0.15, 0.2) is 11.5 Å². The van der Waals surface area contributed by atoms with Gasteiger partial charge >= 0.3 is 0 Å². The summed E-state index contributed by atoms with van der Waals surface area (Å²) < 4.78 is 37.6. The molecule has 3 rings (SSSR count). The third-order valence-electron chi connectivity index (χ3n) is 5.11. The van der Waals surface area contributed by atoms with E-state index in [1.54, 1.807) is 86.6 Å². The van der Waals surface area contributed by atoms with Crippen LogP contribution in [0.3, 0.4) is 0 Å². The highest BCUT2D eigenvalue weighted by Gasteiger charge is 2.21. The number of ether oxygens (including phenoxy) is 2. The molecule has 0 heterocycles. The summed E-state index contributed by atoms with van der Waals surface area (Å²) in [6.45, 7) is 0.307. The summed E-state index contributed by atoms with van der Waals surface area (Å²) in [6, 6.07) is 18.6. The van der Waals surface area contributed by atoms with E-state index in [9.17, 15) is 13.2 Å². The zero-order valence-electron chi connectivity index (χ0n) is 18.9. The van der Waals surface area contributed by atoms with E-state index in [4.69, 9.17) is 9.47 Å². The molecule has 1 amide bonds. The van der Waals surface area contributed by atoms with Gasteiger partial charge in [-0.3, -0.25) is 9.10 Å². The maximum Gasteiger partial charge on any atom is 0.264 e. The van der Waals surface area contributed by atoms with Gasteiger partial charge in [-0.15, -0.1) is 11.8 Å². The molecule has 0 bridgehead atoms. The number of hydrogen-bond donors (Lipinski definition) is 1. The van der Waals surface area contributed by atoms with Gasteiger partial charge in [0.05, 0.1) is 24.8 Å². The molecule has 174 valence electrons. The van der Waals surface area contributed by atoms with Crippen molar-refractivity contribution in [2.45, 2.75) is 16.3 Å². The van der Waals surface area contributed by atoms with E-state index in [2.05, 4.69) is 5.32 Å². The molecule has 33 heavy (non-hydrogen) atoms. The smallest absolute Gasteiger partial charge is 0.264 e. The van der Waals surface area contributed by atoms with Crippen LogP contribution in [0, 0.1) is 0 Å². The second-order valence-electron chi connectivity index (χ2n) is 7.07. The molecule has 0 aliphatic rings. The molecule has 0 saturated carbocycles. The number of nitrogens with one attached hydrogen (secondary N) is 1. The van der Waals surface area contributed by atoms with Crippen LogP contribution in [0.25, 0.3) is 0 Å². The number of carbonyl (C=O) groups excluding carboxylic acids is 1. The molecule has 0 aliphatic heterocycles. The Kier molecular flexibility index (Phi) is 7.88. The molecule has 0 aromatic heterocycles. The Labute approximate surface area is 198 Å². The average molecular weight is 487 g/mol. The number of carbonyl (C=O) groups is 1. The minimum absolute atomic E-state index is 0.208. The first-order valence-corrected chi connectivity index (χ1v) is 12.7. The highest BCUT2D eigenvalue weighted by Crippen LogP contribution is 2.28. The van der Waals surface area contributed by atoms with E-state index in [0.29, 0.717) is 29.3 Å². The van der Waals surface area contributed by atoms with Crippen LogP contribution in [0.5, 0.6) is 11.5 Å². The van der Waals surface area contributed by atoms with Crippen LogP contribution < -0.4 is 19.1 Å². The predicted molar refractivity (Wildman–Crippen MR) is 131 cm³/mol. The van der Waals surface area contributed by atoms with Crippen molar-refractivity contribution >= 4 is 33.4 Å². The van der Waals surface area contributed by atoms with Crippen molar-refractivity contribution < 1.29 is 22.7 Å². The molecule has 0 spiro atoms. The minimum atomic E-state index is -3.71. The molecule has 0 fully saturated rings. The van der Waals surface area contributed by atoms with Gasteiger partial charge in [-0.1, -0.05) is 6.07 Å². The number of benzene rings is 3. The zero-order chi connectivity index (χ0) is 24.0. The number of amides is 1. The molecule has 3 aromatic carbocycles. The van der Waals surface area contributed by atoms with E-state index in [1.165, 1.54) is 11.4 Å². The monoisotopic (exact) mass is 486 g/mol. The Bertz CT molecular complexity index is 1210. The lowest BCUT2D eigenvalue weighted by atomic mass is 10.1. The van der Waals surface area contributed by atoms with Gasteiger partial charge in [0.2, 0.25) is 0 Å². The normalized spacial score (nSPS) is 11.0. The molecule has 1 N–H and O–H groups in total. The van der Waals surface area contributed by atoms with Crippen molar-refractivity contribution in [2.24, 2.45) is 0 Å². The topological polar surface area (TPSA) is 84.9 Å². The van der Waals surface area contributed by atoms with Gasteiger partial charge in [-0.2, -0.15) is 0 Å². The second-order valence-corrected chi connectivity index (χ2v) is 9.92. The number of anilines is 1. The number of thioether (sulfide) groups is 1. The van der Waals surface area contributed by atoms with E-state index < -0.39 is 10.0 Å². The standard InChI is InChI=1S/C24H26N2O5S2/c1-26(33(28,29)21-12-10-20(32-4)11-13-21)19-8-6-18(7-9-19)24(27)25-16-17-5-14-22(30-2)23(15-17)31-3/h5-15H,16H2,1-4H3,(H,25,27). The maximum atomic E-state index is 12.9. The number of nitrogens with zero attached hydrogens (tertiary/aromatic N) is 1. The van der Waals surface area contributed by atoms with Crippen LogP contribution in [0.1, 0.15) is 15.9 Å². The molecule has 7 nitrogen and oxygen atoms in total. The van der Waals surface area contributed by atoms with Crippen LogP contribution in [0.15, 0.2) is 76.5 Å². The van der Waals surface area contributed by atoms with E-state index in [0.717, 1.165) is 10.5 Å². The van der Waals surface area contributed by atoms with Gasteiger partial charge in [0, 0.05) is 24.1 Å². The fourth-order valence-corrected chi connectivity index (χ4v) is 4.75. The second kappa shape index (κ2) is 10.6. The largest absolute Gasteiger partial charge is 0.493 e. The molecular weight excluding hydrogens is 460 g/mol. The fraction of sp³-hybridized carbons (Fsp3) is 0.208. The first-order valence-electron chi connectivity index (χ1n) is 10.0. The lowest BCUT2D eigenvalue weighted by molar-refractivity contribution is 0.0951.